The minimum absolute atomic E-state index is 0.0398. The van der Waals surface area contributed by atoms with Gasteiger partial charge in [0.1, 0.15) is 6.10 Å². The zero-order valence-electron chi connectivity index (χ0n) is 11.3. The van der Waals surface area contributed by atoms with Crippen LogP contribution in [-0.2, 0) is 14.3 Å². The number of benzene rings is 1. The van der Waals surface area contributed by atoms with Gasteiger partial charge in [-0.25, -0.2) is 0 Å². The van der Waals surface area contributed by atoms with Crippen molar-refractivity contribution in [1.29, 1.82) is 0 Å². The molecular weight excluding hydrogens is 302 g/mol. The lowest BCUT2D eigenvalue weighted by Crippen LogP contribution is -2.52. The number of methoxy groups -OCH3 is 1. The summed E-state index contributed by atoms with van der Waals surface area (Å²) in [6.07, 6.45) is -1.18. The number of halogens is 1. The number of ketones is 1. The number of nitrogens with zero attached hydrogens (tertiary/aromatic N) is 1. The van der Waals surface area contributed by atoms with Crippen molar-refractivity contribution in [2.24, 2.45) is 0 Å². The molecular formula is C13H14ClNO6. The van der Waals surface area contributed by atoms with E-state index >= 15 is 0 Å². The Hall–Kier alpha value is -1.70. The Balaban J connectivity index is 2.08. The molecule has 1 fully saturated rings. The molecule has 2 unspecified atom stereocenters. The van der Waals surface area contributed by atoms with Gasteiger partial charge < -0.3 is 14.2 Å². The molecule has 1 aromatic carbocycles. The molecule has 0 bridgehead atoms. The van der Waals surface area contributed by atoms with Gasteiger partial charge in [-0.1, -0.05) is 17.7 Å². The van der Waals surface area contributed by atoms with Crippen LogP contribution in [0, 0.1) is 10.1 Å². The van der Waals surface area contributed by atoms with E-state index in [1.807, 2.05) is 0 Å². The van der Waals surface area contributed by atoms with E-state index in [2.05, 4.69) is 0 Å². The minimum Gasteiger partial charge on any atom is -0.479 e. The van der Waals surface area contributed by atoms with E-state index in [0.717, 1.165) is 0 Å². The lowest BCUT2D eigenvalue weighted by atomic mass is 9.90. The minimum atomic E-state index is -0.740. The summed E-state index contributed by atoms with van der Waals surface area (Å²) < 4.78 is 15.7. The van der Waals surface area contributed by atoms with E-state index in [4.69, 9.17) is 25.8 Å². The largest absolute Gasteiger partial charge is 0.479 e. The third-order valence-electron chi connectivity index (χ3n) is 3.05. The van der Waals surface area contributed by atoms with Crippen LogP contribution < -0.4 is 4.74 Å². The summed E-state index contributed by atoms with van der Waals surface area (Å²) in [7, 11) is 1.52. The second-order valence-electron chi connectivity index (χ2n) is 4.46. The van der Waals surface area contributed by atoms with Crippen LogP contribution in [0.1, 0.15) is 6.42 Å². The molecule has 1 aliphatic rings. The zero-order chi connectivity index (χ0) is 15.4. The van der Waals surface area contributed by atoms with E-state index in [0.29, 0.717) is 6.61 Å². The van der Waals surface area contributed by atoms with Crippen LogP contribution in [0.2, 0.25) is 5.02 Å². The van der Waals surface area contributed by atoms with Crippen LogP contribution in [-0.4, -0.2) is 43.2 Å². The SMILES string of the molecule is COCCOC1C(=O)CC1Oc1c(Cl)cccc1[N+](=O)[O-]. The molecule has 0 aliphatic heterocycles. The number of hydrogen-bond donors (Lipinski definition) is 0. The Morgan fingerprint density at radius 1 is 1.43 bits per heavy atom. The number of ether oxygens (including phenoxy) is 3. The molecule has 0 spiro atoms. The topological polar surface area (TPSA) is 87.9 Å². The van der Waals surface area contributed by atoms with E-state index in [9.17, 15) is 14.9 Å². The summed E-state index contributed by atoms with van der Waals surface area (Å²) in [6.45, 7) is 0.597. The van der Waals surface area contributed by atoms with Gasteiger partial charge in [-0.05, 0) is 6.07 Å². The molecule has 1 aliphatic carbocycles. The maximum Gasteiger partial charge on any atom is 0.312 e. The highest BCUT2D eigenvalue weighted by atomic mass is 35.5. The van der Waals surface area contributed by atoms with E-state index in [1.54, 1.807) is 0 Å². The standard InChI is InChI=1S/C13H14ClNO6/c1-19-5-6-20-13-10(16)7-11(13)21-12-8(14)3-2-4-9(12)15(17)18/h2-4,11,13H,5-7H2,1H3. The highest BCUT2D eigenvalue weighted by molar-refractivity contribution is 6.32. The fourth-order valence-electron chi connectivity index (χ4n) is 1.94. The second kappa shape index (κ2) is 6.84. The molecule has 0 heterocycles. The number of nitro groups is 1. The third kappa shape index (κ3) is 3.49. The van der Waals surface area contributed by atoms with Crippen LogP contribution in [0.15, 0.2) is 18.2 Å². The fourth-order valence-corrected chi connectivity index (χ4v) is 2.15. The second-order valence-corrected chi connectivity index (χ2v) is 4.86. The molecule has 114 valence electrons. The van der Waals surface area contributed by atoms with Crippen LogP contribution in [0.5, 0.6) is 5.75 Å². The summed E-state index contributed by atoms with van der Waals surface area (Å²) >= 11 is 5.93. The molecule has 0 N–H and O–H groups in total. The van der Waals surface area contributed by atoms with Crippen molar-refractivity contribution in [2.45, 2.75) is 18.6 Å². The number of carbonyl (C=O) groups is 1. The lowest BCUT2D eigenvalue weighted by molar-refractivity contribution is -0.386. The van der Waals surface area contributed by atoms with Gasteiger partial charge in [0.05, 0.1) is 23.2 Å². The van der Waals surface area contributed by atoms with Gasteiger partial charge >= 0.3 is 5.69 Å². The first-order valence-electron chi connectivity index (χ1n) is 6.27. The highest BCUT2D eigenvalue weighted by Gasteiger charge is 2.43. The Morgan fingerprint density at radius 3 is 2.81 bits per heavy atom. The average Bonchev–Trinajstić information content (AvgIpc) is 2.44. The van der Waals surface area contributed by atoms with E-state index in [1.165, 1.54) is 25.3 Å². The van der Waals surface area contributed by atoms with Crippen molar-refractivity contribution >= 4 is 23.1 Å². The van der Waals surface area contributed by atoms with Crippen molar-refractivity contribution in [2.75, 3.05) is 20.3 Å². The van der Waals surface area contributed by atoms with Crippen LogP contribution in [0.3, 0.4) is 0 Å². The maximum atomic E-state index is 11.5. The van der Waals surface area contributed by atoms with Crippen molar-refractivity contribution in [3.05, 3.63) is 33.3 Å². The molecule has 0 amide bonds. The van der Waals surface area contributed by atoms with Gasteiger partial charge in [0.15, 0.2) is 11.9 Å². The van der Waals surface area contributed by atoms with Gasteiger partial charge in [-0.3, -0.25) is 14.9 Å². The number of para-hydroxylation sites is 1. The summed E-state index contributed by atoms with van der Waals surface area (Å²) in [5.41, 5.74) is -0.238. The summed E-state index contributed by atoms with van der Waals surface area (Å²) in [5, 5.41) is 11.1. The number of rotatable bonds is 7. The van der Waals surface area contributed by atoms with Crippen LogP contribution >= 0.6 is 11.6 Å². The van der Waals surface area contributed by atoms with Crippen LogP contribution in [0.4, 0.5) is 5.69 Å². The van der Waals surface area contributed by atoms with Crippen molar-refractivity contribution in [3.8, 4) is 5.75 Å². The summed E-state index contributed by atoms with van der Waals surface area (Å²) in [4.78, 5) is 21.9. The Morgan fingerprint density at radius 2 is 2.19 bits per heavy atom. The smallest absolute Gasteiger partial charge is 0.312 e. The van der Waals surface area contributed by atoms with Gasteiger partial charge in [-0.2, -0.15) is 0 Å². The molecule has 2 atom stereocenters. The average molecular weight is 316 g/mol. The van der Waals surface area contributed by atoms with Gasteiger partial charge in [0.2, 0.25) is 5.75 Å². The van der Waals surface area contributed by atoms with E-state index in [-0.39, 0.29) is 35.3 Å². The first kappa shape index (κ1) is 15.7. The molecule has 1 aromatic rings. The molecule has 0 aromatic heterocycles. The quantitative estimate of drug-likeness (QED) is 0.434. The molecule has 8 heteroatoms. The Bertz CT molecular complexity index is 549. The molecule has 0 saturated heterocycles. The number of Topliss-reactive ketones (excluding diaryl/α,β-unsaturated/α-hetero) is 1. The predicted octanol–water partition coefficient (Wildman–Crippen LogP) is 2.00. The number of hydrogen-bond acceptors (Lipinski definition) is 6. The molecule has 2 rings (SSSR count). The monoisotopic (exact) mass is 315 g/mol. The lowest BCUT2D eigenvalue weighted by Gasteiger charge is -2.34. The summed E-state index contributed by atoms with van der Waals surface area (Å²) in [5.74, 6) is -0.146. The zero-order valence-corrected chi connectivity index (χ0v) is 12.0. The Kier molecular flexibility index (Phi) is 5.11. The fraction of sp³-hybridized carbons (Fsp3) is 0.462. The molecule has 7 nitrogen and oxygen atoms in total. The van der Waals surface area contributed by atoms with Crippen molar-refractivity contribution < 1.29 is 23.9 Å². The van der Waals surface area contributed by atoms with E-state index < -0.39 is 17.1 Å². The van der Waals surface area contributed by atoms with Gasteiger partial charge in [-0.15, -0.1) is 0 Å². The van der Waals surface area contributed by atoms with Gasteiger partial charge in [0.25, 0.3) is 0 Å². The van der Waals surface area contributed by atoms with Crippen LogP contribution in [0.25, 0.3) is 0 Å². The molecule has 21 heavy (non-hydrogen) atoms. The third-order valence-corrected chi connectivity index (χ3v) is 3.35. The number of carbonyl (C=O) groups excluding carboxylic acids is 1. The Labute approximate surface area is 125 Å². The first-order valence-corrected chi connectivity index (χ1v) is 6.65. The summed E-state index contributed by atoms with van der Waals surface area (Å²) in [6, 6.07) is 4.25. The predicted molar refractivity (Wildman–Crippen MR) is 73.8 cm³/mol. The van der Waals surface area contributed by atoms with Crippen molar-refractivity contribution in [1.82, 2.24) is 0 Å². The molecule has 1 saturated carbocycles. The first-order chi connectivity index (χ1) is 10.0. The highest BCUT2D eigenvalue weighted by Crippen LogP contribution is 2.37. The van der Waals surface area contributed by atoms with Crippen molar-refractivity contribution in [3.63, 3.8) is 0 Å². The normalized spacial score (nSPS) is 21.0. The maximum absolute atomic E-state index is 11.5. The van der Waals surface area contributed by atoms with Gasteiger partial charge in [0, 0.05) is 19.6 Å². The number of nitro benzene ring substituents is 1. The molecule has 0 radical (unpaired) electrons.